The Labute approximate surface area is 175 Å². The average molecular weight is 407 g/mol. The average Bonchev–Trinajstić information content (AvgIpc) is 3.48. The van der Waals surface area contributed by atoms with Gasteiger partial charge in [-0.25, -0.2) is 0 Å². The third kappa shape index (κ3) is 4.37. The largest absolute Gasteiger partial charge is 0.325 e. The highest BCUT2D eigenvalue weighted by Crippen LogP contribution is 2.41. The number of carbonyl (C=O) groups is 1. The fourth-order valence-electron chi connectivity index (χ4n) is 3.35. The maximum absolute atomic E-state index is 12.9. The topological polar surface area (TPSA) is 59.8 Å². The zero-order chi connectivity index (χ0) is 20.4. The van der Waals surface area contributed by atoms with Crippen LogP contribution in [0.15, 0.2) is 59.8 Å². The number of hydrogen-bond acceptors (Lipinski definition) is 4. The minimum atomic E-state index is -0.277. The summed E-state index contributed by atoms with van der Waals surface area (Å²) in [7, 11) is 0. The van der Waals surface area contributed by atoms with Crippen LogP contribution < -0.4 is 5.32 Å². The van der Waals surface area contributed by atoms with E-state index in [0.29, 0.717) is 12.0 Å². The molecular formula is C23H26N4OS. The quantitative estimate of drug-likeness (QED) is 0.525. The predicted octanol–water partition coefficient (Wildman–Crippen LogP) is 5.52. The SMILES string of the molecule is CC(Sc1nnc(C(C)C)n1C1CC1)C(=O)Nc1ccccc1-c1ccccc1. The molecule has 1 unspecified atom stereocenters. The van der Waals surface area contributed by atoms with Crippen LogP contribution in [0.2, 0.25) is 0 Å². The molecule has 0 aliphatic heterocycles. The van der Waals surface area contributed by atoms with Gasteiger partial charge >= 0.3 is 0 Å². The van der Waals surface area contributed by atoms with E-state index in [4.69, 9.17) is 0 Å². The Morgan fingerprint density at radius 2 is 1.72 bits per heavy atom. The molecule has 4 rings (SSSR count). The van der Waals surface area contributed by atoms with Crippen molar-refractivity contribution in [3.63, 3.8) is 0 Å². The molecule has 1 fully saturated rings. The van der Waals surface area contributed by atoms with Crippen molar-refractivity contribution in [1.29, 1.82) is 0 Å². The summed E-state index contributed by atoms with van der Waals surface area (Å²) in [6.45, 7) is 6.19. The molecular weight excluding hydrogens is 380 g/mol. The van der Waals surface area contributed by atoms with Crippen LogP contribution in [0.5, 0.6) is 0 Å². The summed E-state index contributed by atoms with van der Waals surface area (Å²) >= 11 is 1.48. The van der Waals surface area contributed by atoms with Crippen molar-refractivity contribution in [2.45, 2.75) is 56.0 Å². The highest BCUT2D eigenvalue weighted by atomic mass is 32.2. The Hall–Kier alpha value is -2.60. The lowest BCUT2D eigenvalue weighted by Gasteiger charge is -2.16. The summed E-state index contributed by atoms with van der Waals surface area (Å²) in [4.78, 5) is 12.9. The molecule has 1 N–H and O–H groups in total. The summed E-state index contributed by atoms with van der Waals surface area (Å²) in [5.74, 6) is 1.30. The predicted molar refractivity (Wildman–Crippen MR) is 118 cm³/mol. The van der Waals surface area contributed by atoms with Crippen LogP contribution in [0.3, 0.4) is 0 Å². The molecule has 1 aliphatic rings. The molecule has 0 spiro atoms. The summed E-state index contributed by atoms with van der Waals surface area (Å²) in [5, 5.41) is 12.4. The molecule has 0 bridgehead atoms. The van der Waals surface area contributed by atoms with E-state index in [9.17, 15) is 4.79 Å². The number of rotatable bonds is 7. The van der Waals surface area contributed by atoms with E-state index in [1.54, 1.807) is 0 Å². The Kier molecular flexibility index (Phi) is 5.72. The second kappa shape index (κ2) is 8.41. The Bertz CT molecular complexity index is 995. The molecule has 1 heterocycles. The molecule has 1 amide bonds. The van der Waals surface area contributed by atoms with Crippen molar-refractivity contribution in [2.75, 3.05) is 5.32 Å². The van der Waals surface area contributed by atoms with Gasteiger partial charge in [0.25, 0.3) is 0 Å². The highest BCUT2D eigenvalue weighted by molar-refractivity contribution is 8.00. The van der Waals surface area contributed by atoms with Crippen LogP contribution >= 0.6 is 11.8 Å². The van der Waals surface area contributed by atoms with E-state index in [-0.39, 0.29) is 11.2 Å². The molecule has 3 aromatic rings. The van der Waals surface area contributed by atoms with E-state index in [2.05, 4.69) is 46.1 Å². The van der Waals surface area contributed by atoms with Gasteiger partial charge in [-0.3, -0.25) is 4.79 Å². The number of benzene rings is 2. The number of aromatic nitrogens is 3. The van der Waals surface area contributed by atoms with Crippen molar-refractivity contribution in [1.82, 2.24) is 14.8 Å². The molecule has 29 heavy (non-hydrogen) atoms. The molecule has 2 aromatic carbocycles. The normalized spacial score (nSPS) is 14.8. The van der Waals surface area contributed by atoms with Gasteiger partial charge in [0.2, 0.25) is 5.91 Å². The van der Waals surface area contributed by atoms with E-state index < -0.39 is 0 Å². The highest BCUT2D eigenvalue weighted by Gasteiger charge is 2.31. The van der Waals surface area contributed by atoms with Crippen LogP contribution in [-0.2, 0) is 4.79 Å². The zero-order valence-corrected chi connectivity index (χ0v) is 17.8. The lowest BCUT2D eigenvalue weighted by Crippen LogP contribution is -2.23. The first-order chi connectivity index (χ1) is 14.0. The van der Waals surface area contributed by atoms with Crippen LogP contribution in [0, 0.1) is 0 Å². The van der Waals surface area contributed by atoms with E-state index in [1.807, 2.05) is 49.4 Å². The number of nitrogens with one attached hydrogen (secondary N) is 1. The van der Waals surface area contributed by atoms with Crippen molar-refractivity contribution in [2.24, 2.45) is 0 Å². The minimum Gasteiger partial charge on any atom is -0.325 e. The summed E-state index contributed by atoms with van der Waals surface area (Å²) in [5.41, 5.74) is 2.92. The van der Waals surface area contributed by atoms with Gasteiger partial charge in [-0.05, 0) is 31.4 Å². The number of para-hydroxylation sites is 1. The van der Waals surface area contributed by atoms with Crippen molar-refractivity contribution in [3.05, 3.63) is 60.4 Å². The lowest BCUT2D eigenvalue weighted by atomic mass is 10.0. The van der Waals surface area contributed by atoms with E-state index in [0.717, 1.165) is 40.6 Å². The first kappa shape index (κ1) is 19.7. The van der Waals surface area contributed by atoms with Crippen LogP contribution in [0.4, 0.5) is 5.69 Å². The van der Waals surface area contributed by atoms with Gasteiger partial charge in [-0.1, -0.05) is 74.1 Å². The van der Waals surface area contributed by atoms with Crippen molar-refractivity contribution in [3.8, 4) is 11.1 Å². The molecule has 1 aliphatic carbocycles. The Balaban J connectivity index is 1.51. The van der Waals surface area contributed by atoms with E-state index >= 15 is 0 Å². The summed E-state index contributed by atoms with van der Waals surface area (Å²) < 4.78 is 2.23. The van der Waals surface area contributed by atoms with Crippen molar-refractivity contribution >= 4 is 23.4 Å². The second-order valence-corrected chi connectivity index (χ2v) is 9.07. The first-order valence-electron chi connectivity index (χ1n) is 10.1. The number of amides is 1. The number of carbonyl (C=O) groups excluding carboxylic acids is 1. The maximum atomic E-state index is 12.9. The lowest BCUT2D eigenvalue weighted by molar-refractivity contribution is -0.115. The fourth-order valence-corrected chi connectivity index (χ4v) is 4.27. The Morgan fingerprint density at radius 1 is 1.03 bits per heavy atom. The smallest absolute Gasteiger partial charge is 0.237 e. The van der Waals surface area contributed by atoms with Crippen LogP contribution in [0.1, 0.15) is 51.4 Å². The minimum absolute atomic E-state index is 0.0326. The first-order valence-corrected chi connectivity index (χ1v) is 11.0. The van der Waals surface area contributed by atoms with Gasteiger partial charge in [-0.2, -0.15) is 0 Å². The van der Waals surface area contributed by atoms with Gasteiger partial charge in [-0.15, -0.1) is 10.2 Å². The van der Waals surface area contributed by atoms with Gasteiger partial charge in [0.15, 0.2) is 5.16 Å². The van der Waals surface area contributed by atoms with Crippen LogP contribution in [-0.4, -0.2) is 25.9 Å². The number of nitrogens with zero attached hydrogens (tertiary/aromatic N) is 3. The van der Waals surface area contributed by atoms with Gasteiger partial charge < -0.3 is 9.88 Å². The van der Waals surface area contributed by atoms with Crippen LogP contribution in [0.25, 0.3) is 11.1 Å². The Morgan fingerprint density at radius 3 is 2.41 bits per heavy atom. The molecule has 0 saturated heterocycles. The van der Waals surface area contributed by atoms with Gasteiger partial charge in [0.05, 0.1) is 5.25 Å². The zero-order valence-electron chi connectivity index (χ0n) is 17.0. The molecule has 1 atom stereocenters. The summed E-state index contributed by atoms with van der Waals surface area (Å²) in [6.07, 6.45) is 2.33. The molecule has 0 radical (unpaired) electrons. The fraction of sp³-hybridized carbons (Fsp3) is 0.348. The number of anilines is 1. The van der Waals surface area contributed by atoms with Gasteiger partial charge in [0.1, 0.15) is 5.82 Å². The summed E-state index contributed by atoms with van der Waals surface area (Å²) in [6, 6.07) is 18.5. The maximum Gasteiger partial charge on any atom is 0.237 e. The molecule has 150 valence electrons. The molecule has 1 aromatic heterocycles. The number of thioether (sulfide) groups is 1. The standard InChI is InChI=1S/C23H26N4OS/c1-15(2)21-25-26-23(27(21)18-13-14-18)29-16(3)22(28)24-20-12-8-7-11-19(20)17-9-5-4-6-10-17/h4-12,15-16,18H,13-14H2,1-3H3,(H,24,28). The molecule has 5 nitrogen and oxygen atoms in total. The second-order valence-electron chi connectivity index (χ2n) is 7.76. The third-order valence-electron chi connectivity index (χ3n) is 5.04. The number of hydrogen-bond donors (Lipinski definition) is 1. The monoisotopic (exact) mass is 406 g/mol. The van der Waals surface area contributed by atoms with Crippen molar-refractivity contribution < 1.29 is 4.79 Å². The molecule has 6 heteroatoms. The third-order valence-corrected chi connectivity index (χ3v) is 6.10. The van der Waals surface area contributed by atoms with E-state index in [1.165, 1.54) is 11.8 Å². The van der Waals surface area contributed by atoms with Gasteiger partial charge in [0, 0.05) is 23.2 Å². The molecule has 1 saturated carbocycles.